The molecule has 0 unspecified atom stereocenters. The lowest BCUT2D eigenvalue weighted by Gasteiger charge is -2.05. The van der Waals surface area contributed by atoms with E-state index in [4.69, 9.17) is 4.43 Å². The molecule has 0 saturated heterocycles. The number of unbranched alkanes of at least 4 members (excludes halogenated alkanes) is 14. The van der Waals surface area contributed by atoms with E-state index < -0.39 is 0 Å². The van der Waals surface area contributed by atoms with Crippen LogP contribution < -0.4 is 0 Å². The van der Waals surface area contributed by atoms with Gasteiger partial charge in [0.1, 0.15) is 10.5 Å². The van der Waals surface area contributed by atoms with Gasteiger partial charge in [-0.3, -0.25) is 0 Å². The molecule has 0 spiro atoms. The monoisotopic (exact) mass is 328 g/mol. The first-order valence-electron chi connectivity index (χ1n) is 10.3. The van der Waals surface area contributed by atoms with E-state index in [1.165, 1.54) is 103 Å². The van der Waals surface area contributed by atoms with Gasteiger partial charge < -0.3 is 4.43 Å². The van der Waals surface area contributed by atoms with Crippen molar-refractivity contribution in [1.82, 2.24) is 0 Å². The van der Waals surface area contributed by atoms with Crippen LogP contribution in [0.15, 0.2) is 0 Å². The minimum Gasteiger partial charge on any atom is -0.428 e. The second kappa shape index (κ2) is 19.2. The second-order valence-electron chi connectivity index (χ2n) is 7.48. The van der Waals surface area contributed by atoms with Crippen LogP contribution in [0, 0.1) is 5.92 Å². The fourth-order valence-corrected chi connectivity index (χ4v) is 3.39. The van der Waals surface area contributed by atoms with Crippen molar-refractivity contribution in [2.75, 3.05) is 6.61 Å². The molecular weight excluding hydrogens is 284 g/mol. The predicted octanol–water partition coefficient (Wildman–Crippen LogP) is 6.18. The molecule has 0 rings (SSSR count). The van der Waals surface area contributed by atoms with Crippen LogP contribution in [0.5, 0.6) is 0 Å². The Hall–Kier alpha value is 0.177. The van der Waals surface area contributed by atoms with Crippen molar-refractivity contribution in [3.8, 4) is 0 Å². The first-order chi connectivity index (χ1) is 10.8. The van der Waals surface area contributed by atoms with E-state index in [1.807, 2.05) is 0 Å². The first-order valence-corrected chi connectivity index (χ1v) is 11.1. The van der Waals surface area contributed by atoms with Crippen molar-refractivity contribution < 1.29 is 4.43 Å². The quantitative estimate of drug-likeness (QED) is 0.215. The molecule has 22 heavy (non-hydrogen) atoms. The topological polar surface area (TPSA) is 9.23 Å². The van der Waals surface area contributed by atoms with Gasteiger partial charge in [-0.25, -0.2) is 0 Å². The zero-order valence-electron chi connectivity index (χ0n) is 16.0. The molecule has 0 fully saturated rings. The number of hydrogen-bond acceptors (Lipinski definition) is 1. The van der Waals surface area contributed by atoms with Crippen LogP contribution in [0.3, 0.4) is 0 Å². The van der Waals surface area contributed by atoms with E-state index in [0.717, 1.165) is 23.0 Å². The third-order valence-electron chi connectivity index (χ3n) is 4.63. The van der Waals surface area contributed by atoms with E-state index in [-0.39, 0.29) is 0 Å². The zero-order chi connectivity index (χ0) is 16.3. The molecule has 0 heterocycles. The lowest BCUT2D eigenvalue weighted by atomic mass is 10.0. The minimum atomic E-state index is 0.895. The fraction of sp³-hybridized carbons (Fsp3) is 1.00. The highest BCUT2D eigenvalue weighted by atomic mass is 28.2. The smallest absolute Gasteiger partial charge is 0.145 e. The maximum absolute atomic E-state index is 5.21. The van der Waals surface area contributed by atoms with Crippen LogP contribution in [0.4, 0.5) is 0 Å². The van der Waals surface area contributed by atoms with Crippen molar-refractivity contribution in [2.45, 2.75) is 117 Å². The maximum Gasteiger partial charge on any atom is 0.145 e. The Morgan fingerprint density at radius 1 is 0.545 bits per heavy atom. The summed E-state index contributed by atoms with van der Waals surface area (Å²) in [7, 11) is 0.909. The van der Waals surface area contributed by atoms with Crippen molar-refractivity contribution in [1.29, 1.82) is 0 Å². The lowest BCUT2D eigenvalue weighted by Crippen LogP contribution is -1.89. The molecule has 2 heteroatoms. The number of rotatable bonds is 18. The third kappa shape index (κ3) is 20.2. The molecule has 0 bridgehead atoms. The Morgan fingerprint density at radius 2 is 0.864 bits per heavy atom. The minimum absolute atomic E-state index is 0.895. The molecule has 0 radical (unpaired) electrons. The molecule has 0 N–H and O–H groups in total. The van der Waals surface area contributed by atoms with Crippen LogP contribution >= 0.6 is 0 Å². The van der Waals surface area contributed by atoms with E-state index in [2.05, 4.69) is 13.8 Å². The standard InChI is InChI=1S/C20H44OSi/c1-20(2)18-16-14-12-10-8-6-4-3-5-7-9-11-13-15-17-19-21-22/h20H,3-19H2,1-2,22H3. The van der Waals surface area contributed by atoms with Gasteiger partial charge in [0, 0.05) is 6.61 Å². The molecular formula is C20H44OSi. The lowest BCUT2D eigenvalue weighted by molar-refractivity contribution is 0.332. The van der Waals surface area contributed by atoms with Crippen LogP contribution in [0.2, 0.25) is 0 Å². The van der Waals surface area contributed by atoms with Crippen molar-refractivity contribution >= 4 is 10.5 Å². The highest BCUT2D eigenvalue weighted by Crippen LogP contribution is 2.14. The van der Waals surface area contributed by atoms with Gasteiger partial charge in [-0.1, -0.05) is 110 Å². The summed E-state index contributed by atoms with van der Waals surface area (Å²) in [5.41, 5.74) is 0. The summed E-state index contributed by atoms with van der Waals surface area (Å²) in [5.74, 6) is 0.895. The van der Waals surface area contributed by atoms with Gasteiger partial charge in [0.15, 0.2) is 0 Å². The molecule has 0 aromatic carbocycles. The summed E-state index contributed by atoms with van der Waals surface area (Å²) in [5, 5.41) is 0. The normalized spacial score (nSPS) is 11.6. The Bertz CT molecular complexity index is 194. The molecule has 0 aliphatic rings. The molecule has 0 amide bonds. The van der Waals surface area contributed by atoms with Crippen molar-refractivity contribution in [3.05, 3.63) is 0 Å². The molecule has 1 nitrogen and oxygen atoms in total. The SMILES string of the molecule is CC(C)CCCCCCCCCCCCCCCCCO[SiH3]. The summed E-state index contributed by atoms with van der Waals surface area (Å²) in [6.07, 6.45) is 23.1. The second-order valence-corrected chi connectivity index (χ2v) is 8.06. The Morgan fingerprint density at radius 3 is 1.18 bits per heavy atom. The van der Waals surface area contributed by atoms with Gasteiger partial charge in [-0.15, -0.1) is 0 Å². The van der Waals surface area contributed by atoms with Gasteiger partial charge in [0.25, 0.3) is 0 Å². The summed E-state index contributed by atoms with van der Waals surface area (Å²) in [4.78, 5) is 0. The third-order valence-corrected chi connectivity index (χ3v) is 5.04. The average Bonchev–Trinajstić information content (AvgIpc) is 2.50. The average molecular weight is 329 g/mol. The number of hydrogen-bond donors (Lipinski definition) is 0. The highest BCUT2D eigenvalue weighted by molar-refractivity contribution is 5.97. The molecule has 0 aromatic rings. The van der Waals surface area contributed by atoms with E-state index >= 15 is 0 Å². The summed E-state index contributed by atoms with van der Waals surface area (Å²) in [6.45, 7) is 5.68. The first kappa shape index (κ1) is 22.2. The van der Waals surface area contributed by atoms with Gasteiger partial charge in [-0.2, -0.15) is 0 Å². The molecule has 0 aliphatic carbocycles. The largest absolute Gasteiger partial charge is 0.428 e. The summed E-state index contributed by atoms with van der Waals surface area (Å²) < 4.78 is 5.21. The van der Waals surface area contributed by atoms with E-state index in [1.54, 1.807) is 0 Å². The van der Waals surface area contributed by atoms with Crippen molar-refractivity contribution in [2.24, 2.45) is 5.92 Å². The predicted molar refractivity (Wildman–Crippen MR) is 105 cm³/mol. The van der Waals surface area contributed by atoms with Crippen LogP contribution in [0.1, 0.15) is 117 Å². The van der Waals surface area contributed by atoms with Crippen LogP contribution in [-0.4, -0.2) is 17.1 Å². The molecule has 0 saturated carbocycles. The Balaban J connectivity index is 2.94. The van der Waals surface area contributed by atoms with Gasteiger partial charge in [-0.05, 0) is 12.3 Å². The highest BCUT2D eigenvalue weighted by Gasteiger charge is 1.96. The van der Waals surface area contributed by atoms with E-state index in [0.29, 0.717) is 0 Å². The Kier molecular flexibility index (Phi) is 19.4. The molecule has 134 valence electrons. The van der Waals surface area contributed by atoms with Gasteiger partial charge in [0.2, 0.25) is 0 Å². The van der Waals surface area contributed by atoms with Gasteiger partial charge >= 0.3 is 0 Å². The van der Waals surface area contributed by atoms with E-state index in [9.17, 15) is 0 Å². The fourth-order valence-electron chi connectivity index (χ4n) is 3.10. The molecule has 0 aromatic heterocycles. The van der Waals surface area contributed by atoms with Gasteiger partial charge in [0.05, 0.1) is 0 Å². The Labute approximate surface area is 144 Å². The summed E-state index contributed by atoms with van der Waals surface area (Å²) >= 11 is 0. The maximum atomic E-state index is 5.21. The van der Waals surface area contributed by atoms with Crippen LogP contribution in [-0.2, 0) is 4.43 Å². The summed E-state index contributed by atoms with van der Waals surface area (Å²) in [6, 6.07) is 0. The van der Waals surface area contributed by atoms with Crippen molar-refractivity contribution in [3.63, 3.8) is 0 Å². The molecule has 0 aliphatic heterocycles. The molecule has 0 atom stereocenters. The zero-order valence-corrected chi connectivity index (χ0v) is 18.0. The van der Waals surface area contributed by atoms with Crippen LogP contribution in [0.25, 0.3) is 0 Å².